The molecule has 0 atom stereocenters. The second-order valence-corrected chi connectivity index (χ2v) is 4.78. The number of phenols is 1. The van der Waals surface area contributed by atoms with E-state index in [2.05, 4.69) is 5.32 Å². The highest BCUT2D eigenvalue weighted by Crippen LogP contribution is 2.24. The minimum atomic E-state index is 0.215. The molecule has 0 saturated carbocycles. The first-order chi connectivity index (χ1) is 10.3. The summed E-state index contributed by atoms with van der Waals surface area (Å²) in [4.78, 5) is 0. The Morgan fingerprint density at radius 3 is 2.81 bits per heavy atom. The Labute approximate surface area is 123 Å². The fourth-order valence-corrected chi connectivity index (χ4v) is 2.19. The van der Waals surface area contributed by atoms with Crippen LogP contribution in [0.5, 0.6) is 11.5 Å². The van der Waals surface area contributed by atoms with Gasteiger partial charge in [0.05, 0.1) is 6.26 Å². The fourth-order valence-electron chi connectivity index (χ4n) is 2.19. The zero-order valence-electron chi connectivity index (χ0n) is 11.6. The Kier molecular flexibility index (Phi) is 4.07. The van der Waals surface area contributed by atoms with Crippen molar-refractivity contribution in [2.45, 2.75) is 6.54 Å². The van der Waals surface area contributed by atoms with Gasteiger partial charge in [0.25, 0.3) is 0 Å². The highest BCUT2D eigenvalue weighted by molar-refractivity contribution is 5.82. The normalized spacial score (nSPS) is 10.9. The summed E-state index contributed by atoms with van der Waals surface area (Å²) >= 11 is 0. The third kappa shape index (κ3) is 3.35. The van der Waals surface area contributed by atoms with E-state index in [0.29, 0.717) is 18.7 Å². The van der Waals surface area contributed by atoms with E-state index in [0.717, 1.165) is 23.2 Å². The molecule has 1 heterocycles. The van der Waals surface area contributed by atoms with Gasteiger partial charge in [0, 0.05) is 30.1 Å². The van der Waals surface area contributed by atoms with Crippen molar-refractivity contribution in [3.63, 3.8) is 0 Å². The van der Waals surface area contributed by atoms with E-state index in [-0.39, 0.29) is 5.75 Å². The number of phenolic OH excluding ortho intramolecular Hbond substituents is 1. The average molecular weight is 283 g/mol. The average Bonchev–Trinajstić information content (AvgIpc) is 2.90. The van der Waals surface area contributed by atoms with E-state index in [1.807, 2.05) is 36.4 Å². The number of fused-ring (bicyclic) bond motifs is 1. The van der Waals surface area contributed by atoms with Crippen LogP contribution >= 0.6 is 0 Å². The van der Waals surface area contributed by atoms with Gasteiger partial charge in [-0.15, -0.1) is 0 Å². The molecule has 108 valence electrons. The van der Waals surface area contributed by atoms with E-state index < -0.39 is 0 Å². The number of para-hydroxylation sites is 1. The van der Waals surface area contributed by atoms with Crippen molar-refractivity contribution in [3.05, 3.63) is 60.4 Å². The second-order valence-electron chi connectivity index (χ2n) is 4.78. The zero-order chi connectivity index (χ0) is 14.5. The molecule has 21 heavy (non-hydrogen) atoms. The number of hydrogen-bond acceptors (Lipinski definition) is 4. The Morgan fingerprint density at radius 1 is 1.10 bits per heavy atom. The van der Waals surface area contributed by atoms with Crippen LogP contribution in [0.25, 0.3) is 11.0 Å². The zero-order valence-corrected chi connectivity index (χ0v) is 11.6. The van der Waals surface area contributed by atoms with Crippen LogP contribution in [0.1, 0.15) is 5.56 Å². The predicted molar refractivity (Wildman–Crippen MR) is 81.5 cm³/mol. The van der Waals surface area contributed by atoms with Gasteiger partial charge in [-0.2, -0.15) is 0 Å². The summed E-state index contributed by atoms with van der Waals surface area (Å²) in [6.07, 6.45) is 1.72. The minimum Gasteiger partial charge on any atom is -0.508 e. The van der Waals surface area contributed by atoms with E-state index in [1.54, 1.807) is 18.4 Å². The molecule has 0 amide bonds. The maximum Gasteiger partial charge on any atom is 0.137 e. The Hall–Kier alpha value is -2.46. The summed E-state index contributed by atoms with van der Waals surface area (Å²) in [7, 11) is 0. The summed E-state index contributed by atoms with van der Waals surface area (Å²) in [5.74, 6) is 1.09. The molecular formula is C17H17NO3. The van der Waals surface area contributed by atoms with Crippen LogP contribution in [0.15, 0.2) is 59.2 Å². The first kappa shape index (κ1) is 13.5. The van der Waals surface area contributed by atoms with Gasteiger partial charge in [-0.1, -0.05) is 18.2 Å². The molecule has 3 rings (SSSR count). The third-order valence-corrected chi connectivity index (χ3v) is 3.25. The van der Waals surface area contributed by atoms with Gasteiger partial charge in [0.1, 0.15) is 23.7 Å². The fraction of sp³-hybridized carbons (Fsp3) is 0.176. The van der Waals surface area contributed by atoms with E-state index in [1.165, 1.54) is 0 Å². The third-order valence-electron chi connectivity index (χ3n) is 3.25. The quantitative estimate of drug-likeness (QED) is 0.681. The van der Waals surface area contributed by atoms with E-state index in [4.69, 9.17) is 9.15 Å². The van der Waals surface area contributed by atoms with Crippen molar-refractivity contribution in [1.29, 1.82) is 0 Å². The summed E-state index contributed by atoms with van der Waals surface area (Å²) in [6.45, 7) is 2.07. The molecular weight excluding hydrogens is 266 g/mol. The van der Waals surface area contributed by atoms with Gasteiger partial charge < -0.3 is 19.6 Å². The number of aromatic hydroxyl groups is 1. The molecule has 0 bridgehead atoms. The Balaban J connectivity index is 1.48. The lowest BCUT2D eigenvalue weighted by molar-refractivity contribution is 0.313. The highest BCUT2D eigenvalue weighted by atomic mass is 16.5. The largest absolute Gasteiger partial charge is 0.508 e. The molecule has 0 aliphatic carbocycles. The molecule has 1 aromatic heterocycles. The lowest BCUT2D eigenvalue weighted by atomic mass is 10.1. The van der Waals surface area contributed by atoms with Gasteiger partial charge in [-0.3, -0.25) is 0 Å². The monoisotopic (exact) mass is 283 g/mol. The number of benzene rings is 2. The van der Waals surface area contributed by atoms with E-state index in [9.17, 15) is 5.11 Å². The van der Waals surface area contributed by atoms with Crippen molar-refractivity contribution in [3.8, 4) is 11.5 Å². The standard InChI is InChI=1S/C17H17NO3/c19-14-6-7-16-13(12-21-17(16)10-14)11-18-8-9-20-15-4-2-1-3-5-15/h1-7,10,12,18-19H,8-9,11H2. The maximum atomic E-state index is 9.40. The maximum absolute atomic E-state index is 9.40. The Bertz CT molecular complexity index is 706. The van der Waals surface area contributed by atoms with Crippen LogP contribution < -0.4 is 10.1 Å². The molecule has 2 N–H and O–H groups in total. The van der Waals surface area contributed by atoms with Crippen LogP contribution in [0.3, 0.4) is 0 Å². The first-order valence-corrected chi connectivity index (χ1v) is 6.90. The SMILES string of the molecule is Oc1ccc2c(CNCCOc3ccccc3)coc2c1. The summed E-state index contributed by atoms with van der Waals surface area (Å²) in [5, 5.41) is 13.7. The van der Waals surface area contributed by atoms with Crippen molar-refractivity contribution in [2.24, 2.45) is 0 Å². The number of ether oxygens (including phenoxy) is 1. The second kappa shape index (κ2) is 6.33. The number of rotatable bonds is 6. The first-order valence-electron chi connectivity index (χ1n) is 6.90. The molecule has 4 nitrogen and oxygen atoms in total. The number of nitrogens with one attached hydrogen (secondary N) is 1. The smallest absolute Gasteiger partial charge is 0.137 e. The summed E-state index contributed by atoms with van der Waals surface area (Å²) < 4.78 is 11.0. The van der Waals surface area contributed by atoms with Gasteiger partial charge in [0.15, 0.2) is 0 Å². The molecule has 0 spiro atoms. The van der Waals surface area contributed by atoms with Crippen LogP contribution in [0.2, 0.25) is 0 Å². The molecule has 0 unspecified atom stereocenters. The van der Waals surface area contributed by atoms with Gasteiger partial charge in [0.2, 0.25) is 0 Å². The molecule has 0 fully saturated rings. The van der Waals surface area contributed by atoms with Crippen molar-refractivity contribution < 1.29 is 14.3 Å². The van der Waals surface area contributed by atoms with Crippen molar-refractivity contribution >= 4 is 11.0 Å². The molecule has 0 radical (unpaired) electrons. The predicted octanol–water partition coefficient (Wildman–Crippen LogP) is 3.31. The molecule has 0 aliphatic heterocycles. The van der Waals surface area contributed by atoms with E-state index >= 15 is 0 Å². The van der Waals surface area contributed by atoms with Crippen LogP contribution in [0.4, 0.5) is 0 Å². The van der Waals surface area contributed by atoms with Crippen LogP contribution in [-0.4, -0.2) is 18.3 Å². The summed E-state index contributed by atoms with van der Waals surface area (Å²) in [6, 6.07) is 14.9. The van der Waals surface area contributed by atoms with Crippen LogP contribution in [0, 0.1) is 0 Å². The van der Waals surface area contributed by atoms with Crippen molar-refractivity contribution in [1.82, 2.24) is 5.32 Å². The van der Waals surface area contributed by atoms with Crippen LogP contribution in [-0.2, 0) is 6.54 Å². The molecule has 0 aliphatic rings. The van der Waals surface area contributed by atoms with Crippen molar-refractivity contribution in [2.75, 3.05) is 13.2 Å². The lowest BCUT2D eigenvalue weighted by Crippen LogP contribution is -2.20. The topological polar surface area (TPSA) is 54.6 Å². The van der Waals surface area contributed by atoms with Gasteiger partial charge in [-0.25, -0.2) is 0 Å². The lowest BCUT2D eigenvalue weighted by Gasteiger charge is -2.06. The molecule has 0 saturated heterocycles. The molecule has 4 heteroatoms. The highest BCUT2D eigenvalue weighted by Gasteiger charge is 2.05. The van der Waals surface area contributed by atoms with Gasteiger partial charge in [-0.05, 0) is 24.3 Å². The minimum absolute atomic E-state index is 0.215. The number of hydrogen-bond donors (Lipinski definition) is 2. The van der Waals surface area contributed by atoms with Gasteiger partial charge >= 0.3 is 0 Å². The molecule has 3 aromatic rings. The molecule has 2 aromatic carbocycles. The Morgan fingerprint density at radius 2 is 1.95 bits per heavy atom. The summed E-state index contributed by atoms with van der Waals surface area (Å²) in [5.41, 5.74) is 1.78. The number of furan rings is 1.